The maximum Gasteiger partial charge on any atom is 0.240 e. The normalized spacial score (nSPS) is 26.0. The van der Waals surface area contributed by atoms with E-state index in [9.17, 15) is 4.79 Å². The van der Waals surface area contributed by atoms with Gasteiger partial charge in [0.1, 0.15) is 0 Å². The molecule has 0 heterocycles. The van der Waals surface area contributed by atoms with Crippen molar-refractivity contribution in [2.45, 2.75) is 70.3 Å². The van der Waals surface area contributed by atoms with E-state index in [1.807, 2.05) is 0 Å². The Balaban J connectivity index is 1.84. The van der Waals surface area contributed by atoms with E-state index in [4.69, 9.17) is 5.73 Å². The van der Waals surface area contributed by atoms with Crippen LogP contribution >= 0.6 is 0 Å². The maximum absolute atomic E-state index is 12.2. The average Bonchev–Trinajstić information content (AvgIpc) is 2.29. The van der Waals surface area contributed by atoms with E-state index in [2.05, 4.69) is 12.2 Å². The summed E-state index contributed by atoms with van der Waals surface area (Å²) in [6.07, 6.45) is 10.2. The van der Waals surface area contributed by atoms with E-state index < -0.39 is 5.54 Å². The van der Waals surface area contributed by atoms with Crippen molar-refractivity contribution in [1.29, 1.82) is 0 Å². The van der Waals surface area contributed by atoms with Gasteiger partial charge >= 0.3 is 0 Å². The van der Waals surface area contributed by atoms with Crippen molar-refractivity contribution in [3.8, 4) is 0 Å². The van der Waals surface area contributed by atoms with Crippen LogP contribution in [0.15, 0.2) is 0 Å². The molecule has 2 aliphatic rings. The van der Waals surface area contributed by atoms with E-state index in [0.29, 0.717) is 5.41 Å². The van der Waals surface area contributed by atoms with Crippen molar-refractivity contribution in [2.75, 3.05) is 6.54 Å². The van der Waals surface area contributed by atoms with Crippen LogP contribution in [-0.2, 0) is 4.79 Å². The van der Waals surface area contributed by atoms with Crippen LogP contribution in [0, 0.1) is 5.41 Å². The summed E-state index contributed by atoms with van der Waals surface area (Å²) in [4.78, 5) is 12.2. The summed E-state index contributed by atoms with van der Waals surface area (Å²) < 4.78 is 0. The second-order valence-electron chi connectivity index (χ2n) is 6.11. The third kappa shape index (κ3) is 2.65. The van der Waals surface area contributed by atoms with E-state index in [-0.39, 0.29) is 5.91 Å². The molecule has 0 aromatic rings. The largest absolute Gasteiger partial charge is 0.354 e. The Kier molecular flexibility index (Phi) is 3.76. The SMILES string of the molecule is CCC1(CNC(=O)C2(N)CCCCC2)CCC1. The Morgan fingerprint density at radius 2 is 1.76 bits per heavy atom. The molecule has 0 unspecified atom stereocenters. The Labute approximate surface area is 105 Å². The number of carbonyl (C=O) groups is 1. The van der Waals surface area contributed by atoms with Gasteiger partial charge in [-0.05, 0) is 37.5 Å². The summed E-state index contributed by atoms with van der Waals surface area (Å²) in [6.45, 7) is 3.06. The number of nitrogens with two attached hydrogens (primary N) is 1. The molecule has 3 heteroatoms. The lowest BCUT2D eigenvalue weighted by molar-refractivity contribution is -0.128. The molecule has 2 saturated carbocycles. The van der Waals surface area contributed by atoms with Gasteiger partial charge in [-0.2, -0.15) is 0 Å². The standard InChI is InChI=1S/C14H26N2O/c1-2-13(7-6-8-13)11-16-12(17)14(15)9-4-3-5-10-14/h2-11,15H2,1H3,(H,16,17). The molecule has 0 saturated heterocycles. The molecule has 2 fully saturated rings. The predicted molar refractivity (Wildman–Crippen MR) is 69.6 cm³/mol. The summed E-state index contributed by atoms with van der Waals surface area (Å²) in [5.41, 5.74) is 6.04. The molecule has 17 heavy (non-hydrogen) atoms. The minimum Gasteiger partial charge on any atom is -0.354 e. The number of nitrogens with one attached hydrogen (secondary N) is 1. The number of amides is 1. The Hall–Kier alpha value is -0.570. The van der Waals surface area contributed by atoms with Crippen molar-refractivity contribution in [3.05, 3.63) is 0 Å². The molecular weight excluding hydrogens is 212 g/mol. The molecule has 0 spiro atoms. The Morgan fingerprint density at radius 3 is 2.24 bits per heavy atom. The van der Waals surface area contributed by atoms with E-state index in [0.717, 1.165) is 32.2 Å². The van der Waals surface area contributed by atoms with Gasteiger partial charge in [-0.3, -0.25) is 4.79 Å². The molecule has 0 atom stereocenters. The zero-order chi connectivity index (χ0) is 12.4. The van der Waals surface area contributed by atoms with Crippen LogP contribution < -0.4 is 11.1 Å². The molecule has 98 valence electrons. The first kappa shape index (κ1) is 12.9. The number of hydrogen-bond acceptors (Lipinski definition) is 2. The van der Waals surface area contributed by atoms with Gasteiger partial charge in [0.25, 0.3) is 0 Å². The van der Waals surface area contributed by atoms with Crippen LogP contribution in [0.5, 0.6) is 0 Å². The smallest absolute Gasteiger partial charge is 0.240 e. The fourth-order valence-electron chi connectivity index (χ4n) is 3.19. The van der Waals surface area contributed by atoms with Crippen LogP contribution in [0.2, 0.25) is 0 Å². The van der Waals surface area contributed by atoms with Crippen LogP contribution in [0.1, 0.15) is 64.7 Å². The zero-order valence-corrected chi connectivity index (χ0v) is 11.1. The van der Waals surface area contributed by atoms with Gasteiger partial charge in [0.15, 0.2) is 0 Å². The predicted octanol–water partition coefficient (Wildman–Crippen LogP) is 2.34. The Bertz CT molecular complexity index is 272. The summed E-state index contributed by atoms with van der Waals surface area (Å²) >= 11 is 0. The lowest BCUT2D eigenvalue weighted by atomic mass is 9.67. The van der Waals surface area contributed by atoms with Gasteiger partial charge in [-0.25, -0.2) is 0 Å². The average molecular weight is 238 g/mol. The van der Waals surface area contributed by atoms with E-state index >= 15 is 0 Å². The van der Waals surface area contributed by atoms with Crippen LogP contribution in [0.3, 0.4) is 0 Å². The molecule has 2 aliphatic carbocycles. The fourth-order valence-corrected chi connectivity index (χ4v) is 3.19. The first-order chi connectivity index (χ1) is 8.10. The summed E-state index contributed by atoms with van der Waals surface area (Å²) in [5.74, 6) is 0.0944. The molecule has 3 N–H and O–H groups in total. The molecule has 0 aromatic heterocycles. The maximum atomic E-state index is 12.2. The van der Waals surface area contributed by atoms with Gasteiger partial charge < -0.3 is 11.1 Å². The summed E-state index contributed by atoms with van der Waals surface area (Å²) in [5, 5.41) is 3.12. The van der Waals surface area contributed by atoms with Gasteiger partial charge in [0, 0.05) is 6.54 Å². The lowest BCUT2D eigenvalue weighted by Gasteiger charge is -2.42. The topological polar surface area (TPSA) is 55.1 Å². The molecule has 0 aromatic carbocycles. The highest BCUT2D eigenvalue weighted by atomic mass is 16.2. The number of rotatable bonds is 4. The first-order valence-corrected chi connectivity index (χ1v) is 7.17. The van der Waals surface area contributed by atoms with Gasteiger partial charge in [0.2, 0.25) is 5.91 Å². The molecule has 0 radical (unpaired) electrons. The monoisotopic (exact) mass is 238 g/mol. The quantitative estimate of drug-likeness (QED) is 0.790. The third-order valence-electron chi connectivity index (χ3n) is 4.99. The zero-order valence-electron chi connectivity index (χ0n) is 11.1. The van der Waals surface area contributed by atoms with Crippen molar-refractivity contribution >= 4 is 5.91 Å². The highest BCUT2D eigenvalue weighted by Gasteiger charge is 2.39. The molecule has 2 rings (SSSR count). The molecule has 3 nitrogen and oxygen atoms in total. The van der Waals surface area contributed by atoms with Crippen LogP contribution in [0.25, 0.3) is 0 Å². The highest BCUT2D eigenvalue weighted by Crippen LogP contribution is 2.43. The van der Waals surface area contributed by atoms with Crippen LogP contribution in [0.4, 0.5) is 0 Å². The lowest BCUT2D eigenvalue weighted by Crippen LogP contribution is -2.57. The molecule has 0 aliphatic heterocycles. The van der Waals surface area contributed by atoms with Crippen molar-refractivity contribution in [1.82, 2.24) is 5.32 Å². The minimum atomic E-state index is -0.572. The van der Waals surface area contributed by atoms with Crippen molar-refractivity contribution in [2.24, 2.45) is 11.1 Å². The number of carbonyl (C=O) groups excluding carboxylic acids is 1. The Morgan fingerprint density at radius 1 is 1.12 bits per heavy atom. The second-order valence-corrected chi connectivity index (χ2v) is 6.11. The molecule has 1 amide bonds. The van der Waals surface area contributed by atoms with E-state index in [1.54, 1.807) is 0 Å². The minimum absolute atomic E-state index is 0.0944. The first-order valence-electron chi connectivity index (χ1n) is 7.17. The van der Waals surface area contributed by atoms with Gasteiger partial charge in [0.05, 0.1) is 5.54 Å². The summed E-state index contributed by atoms with van der Waals surface area (Å²) in [7, 11) is 0. The van der Waals surface area contributed by atoms with Crippen molar-refractivity contribution in [3.63, 3.8) is 0 Å². The number of hydrogen-bond donors (Lipinski definition) is 2. The molecule has 0 bridgehead atoms. The third-order valence-corrected chi connectivity index (χ3v) is 4.99. The summed E-state index contributed by atoms with van der Waals surface area (Å²) in [6, 6.07) is 0. The fraction of sp³-hybridized carbons (Fsp3) is 0.929. The van der Waals surface area contributed by atoms with Crippen LogP contribution in [-0.4, -0.2) is 18.0 Å². The van der Waals surface area contributed by atoms with Gasteiger partial charge in [-0.1, -0.05) is 32.6 Å². The molecular formula is C14H26N2O. The highest BCUT2D eigenvalue weighted by molar-refractivity contribution is 5.86. The second kappa shape index (κ2) is 4.97. The van der Waals surface area contributed by atoms with E-state index in [1.165, 1.54) is 32.1 Å². The van der Waals surface area contributed by atoms with Crippen molar-refractivity contribution < 1.29 is 4.79 Å². The van der Waals surface area contributed by atoms with Gasteiger partial charge in [-0.15, -0.1) is 0 Å².